The summed E-state index contributed by atoms with van der Waals surface area (Å²) in [5.74, 6) is -1.03. The van der Waals surface area contributed by atoms with E-state index in [1.165, 1.54) is 25.8 Å². The summed E-state index contributed by atoms with van der Waals surface area (Å²) >= 11 is 0. The number of carboxylic acid groups (broad SMARTS) is 1. The summed E-state index contributed by atoms with van der Waals surface area (Å²) in [6.45, 7) is 7.65. The van der Waals surface area contributed by atoms with E-state index < -0.39 is 11.5 Å². The van der Waals surface area contributed by atoms with Crippen molar-refractivity contribution in [1.29, 1.82) is 0 Å². The second-order valence-corrected chi connectivity index (χ2v) is 4.80. The van der Waals surface area contributed by atoms with Gasteiger partial charge in [-0.2, -0.15) is 0 Å². The molecule has 0 aliphatic carbocycles. The second-order valence-electron chi connectivity index (χ2n) is 4.80. The van der Waals surface area contributed by atoms with E-state index in [-0.39, 0.29) is 12.1 Å². The van der Waals surface area contributed by atoms with Crippen LogP contribution in [-0.2, 0) is 9.53 Å². The molecule has 0 aromatic rings. The summed E-state index contributed by atoms with van der Waals surface area (Å²) in [7, 11) is 3.07. The lowest BCUT2D eigenvalue weighted by Crippen LogP contribution is -2.57. The van der Waals surface area contributed by atoms with E-state index in [1.807, 2.05) is 13.8 Å². The molecule has 0 rings (SSSR count). The van der Waals surface area contributed by atoms with Crippen LogP contribution >= 0.6 is 0 Å². The number of carbonyl (C=O) groups is 2. The zero-order chi connectivity index (χ0) is 14.5. The van der Waals surface area contributed by atoms with E-state index in [9.17, 15) is 9.59 Å². The lowest BCUT2D eigenvalue weighted by molar-refractivity contribution is -0.147. The van der Waals surface area contributed by atoms with Crippen molar-refractivity contribution in [3.05, 3.63) is 0 Å². The van der Waals surface area contributed by atoms with Crippen LogP contribution in [0.25, 0.3) is 0 Å². The standard InChI is InChI=1S/C12H24N2O4/c1-7-14(9(2)8-18-6)11(17)13(5)12(3,4)10(15)16/h9H,7-8H2,1-6H3,(H,15,16). The number of carboxylic acids is 1. The molecule has 0 aliphatic heterocycles. The number of urea groups is 1. The summed E-state index contributed by atoms with van der Waals surface area (Å²) < 4.78 is 5.02. The summed E-state index contributed by atoms with van der Waals surface area (Å²) in [5, 5.41) is 9.12. The minimum Gasteiger partial charge on any atom is -0.480 e. The van der Waals surface area contributed by atoms with Gasteiger partial charge in [-0.25, -0.2) is 9.59 Å². The molecule has 2 amide bonds. The smallest absolute Gasteiger partial charge is 0.329 e. The van der Waals surface area contributed by atoms with Gasteiger partial charge in [0.25, 0.3) is 0 Å². The largest absolute Gasteiger partial charge is 0.480 e. The van der Waals surface area contributed by atoms with Gasteiger partial charge < -0.3 is 19.6 Å². The fraction of sp³-hybridized carbons (Fsp3) is 0.833. The first-order valence-electron chi connectivity index (χ1n) is 5.96. The highest BCUT2D eigenvalue weighted by Crippen LogP contribution is 2.16. The van der Waals surface area contributed by atoms with E-state index in [2.05, 4.69) is 0 Å². The topological polar surface area (TPSA) is 70.1 Å². The third-order valence-corrected chi connectivity index (χ3v) is 3.18. The Labute approximate surface area is 109 Å². The highest BCUT2D eigenvalue weighted by Gasteiger charge is 2.37. The van der Waals surface area contributed by atoms with E-state index >= 15 is 0 Å². The zero-order valence-electron chi connectivity index (χ0n) is 12.1. The summed E-state index contributed by atoms with van der Waals surface area (Å²) in [6, 6.07) is -0.408. The van der Waals surface area contributed by atoms with Crippen molar-refractivity contribution in [2.75, 3.05) is 27.3 Å². The molecule has 1 unspecified atom stereocenters. The SMILES string of the molecule is CCN(C(=O)N(C)C(C)(C)C(=O)O)C(C)COC. The van der Waals surface area contributed by atoms with Crippen molar-refractivity contribution in [2.24, 2.45) is 0 Å². The molecule has 0 saturated heterocycles. The Kier molecular flexibility index (Phi) is 6.11. The van der Waals surface area contributed by atoms with Gasteiger partial charge in [-0.1, -0.05) is 0 Å². The molecule has 1 atom stereocenters. The number of nitrogens with zero attached hydrogens (tertiary/aromatic N) is 2. The maximum absolute atomic E-state index is 12.3. The number of methoxy groups -OCH3 is 1. The van der Waals surface area contributed by atoms with Crippen molar-refractivity contribution in [3.63, 3.8) is 0 Å². The van der Waals surface area contributed by atoms with Gasteiger partial charge >= 0.3 is 12.0 Å². The Morgan fingerprint density at radius 2 is 1.89 bits per heavy atom. The zero-order valence-corrected chi connectivity index (χ0v) is 12.1. The Balaban J connectivity index is 4.95. The highest BCUT2D eigenvalue weighted by molar-refractivity contribution is 5.85. The van der Waals surface area contributed by atoms with E-state index in [1.54, 1.807) is 12.0 Å². The Morgan fingerprint density at radius 1 is 1.39 bits per heavy atom. The van der Waals surface area contributed by atoms with Gasteiger partial charge in [0, 0.05) is 20.7 Å². The van der Waals surface area contributed by atoms with Crippen LogP contribution in [0.4, 0.5) is 4.79 Å². The lowest BCUT2D eigenvalue weighted by atomic mass is 10.0. The van der Waals surface area contributed by atoms with E-state index in [0.717, 1.165) is 0 Å². The van der Waals surface area contributed by atoms with Crippen molar-refractivity contribution in [2.45, 2.75) is 39.3 Å². The molecule has 0 fully saturated rings. The number of amides is 2. The van der Waals surface area contributed by atoms with Crippen LogP contribution in [0.1, 0.15) is 27.7 Å². The quantitative estimate of drug-likeness (QED) is 0.780. The Morgan fingerprint density at radius 3 is 2.22 bits per heavy atom. The molecule has 0 saturated carbocycles. The second kappa shape index (κ2) is 6.58. The first-order valence-corrected chi connectivity index (χ1v) is 5.96. The van der Waals surface area contributed by atoms with Crippen molar-refractivity contribution < 1.29 is 19.4 Å². The van der Waals surface area contributed by atoms with Crippen LogP contribution in [0.3, 0.4) is 0 Å². The fourth-order valence-electron chi connectivity index (χ4n) is 1.54. The van der Waals surface area contributed by atoms with Gasteiger partial charge in [0.05, 0.1) is 12.6 Å². The Hall–Kier alpha value is -1.30. The molecule has 18 heavy (non-hydrogen) atoms. The maximum atomic E-state index is 12.3. The third kappa shape index (κ3) is 3.60. The first-order chi connectivity index (χ1) is 8.19. The minimum absolute atomic E-state index is 0.0976. The minimum atomic E-state index is -1.24. The molecule has 0 aliphatic rings. The van der Waals surface area contributed by atoms with Gasteiger partial charge in [-0.3, -0.25) is 0 Å². The number of hydrogen-bond acceptors (Lipinski definition) is 3. The average Bonchev–Trinajstić information content (AvgIpc) is 2.28. The Bertz CT molecular complexity index is 304. The molecule has 6 heteroatoms. The lowest BCUT2D eigenvalue weighted by Gasteiger charge is -2.37. The number of aliphatic carboxylic acids is 1. The average molecular weight is 260 g/mol. The van der Waals surface area contributed by atoms with Crippen LogP contribution in [0.2, 0.25) is 0 Å². The number of carbonyl (C=O) groups excluding carboxylic acids is 1. The predicted octanol–water partition coefficient (Wildman–Crippen LogP) is 1.26. The summed E-state index contributed by atoms with van der Waals surface area (Å²) in [6.07, 6.45) is 0. The number of rotatable bonds is 6. The number of hydrogen-bond donors (Lipinski definition) is 1. The molecule has 0 heterocycles. The van der Waals surface area contributed by atoms with E-state index in [4.69, 9.17) is 9.84 Å². The summed E-state index contributed by atoms with van der Waals surface area (Å²) in [4.78, 5) is 26.2. The van der Waals surface area contributed by atoms with Crippen LogP contribution in [0, 0.1) is 0 Å². The van der Waals surface area contributed by atoms with Gasteiger partial charge in [0.2, 0.25) is 0 Å². The molecule has 0 bridgehead atoms. The highest BCUT2D eigenvalue weighted by atomic mass is 16.5. The van der Waals surface area contributed by atoms with Crippen LogP contribution in [0.15, 0.2) is 0 Å². The number of likely N-dealkylation sites (N-methyl/N-ethyl adjacent to an activating group) is 2. The normalized spacial score (nSPS) is 13.0. The van der Waals surface area contributed by atoms with Gasteiger partial charge in [-0.05, 0) is 27.7 Å². The van der Waals surface area contributed by atoms with Gasteiger partial charge in [-0.15, -0.1) is 0 Å². The molecular formula is C12H24N2O4. The molecule has 0 aromatic carbocycles. The molecule has 6 nitrogen and oxygen atoms in total. The van der Waals surface area contributed by atoms with Crippen molar-refractivity contribution >= 4 is 12.0 Å². The molecule has 106 valence electrons. The van der Waals surface area contributed by atoms with Crippen molar-refractivity contribution in [3.8, 4) is 0 Å². The van der Waals surface area contributed by atoms with Crippen LogP contribution in [0.5, 0.6) is 0 Å². The van der Waals surface area contributed by atoms with Crippen LogP contribution in [-0.4, -0.2) is 65.8 Å². The monoisotopic (exact) mass is 260 g/mol. The first kappa shape index (κ1) is 16.7. The van der Waals surface area contributed by atoms with Gasteiger partial charge in [0.1, 0.15) is 5.54 Å². The fourth-order valence-corrected chi connectivity index (χ4v) is 1.54. The molecule has 0 aromatic heterocycles. The van der Waals surface area contributed by atoms with Crippen LogP contribution < -0.4 is 0 Å². The van der Waals surface area contributed by atoms with E-state index in [0.29, 0.717) is 13.2 Å². The molecule has 0 spiro atoms. The molecule has 1 N–H and O–H groups in total. The predicted molar refractivity (Wildman–Crippen MR) is 68.6 cm³/mol. The number of ether oxygens (including phenoxy) is 1. The molecular weight excluding hydrogens is 236 g/mol. The maximum Gasteiger partial charge on any atom is 0.329 e. The third-order valence-electron chi connectivity index (χ3n) is 3.18. The van der Waals surface area contributed by atoms with Crippen molar-refractivity contribution in [1.82, 2.24) is 9.80 Å². The summed E-state index contributed by atoms with van der Waals surface area (Å²) in [5.41, 5.74) is -1.24. The molecule has 0 radical (unpaired) electrons. The van der Waals surface area contributed by atoms with Gasteiger partial charge in [0.15, 0.2) is 0 Å².